The summed E-state index contributed by atoms with van der Waals surface area (Å²) in [6.07, 6.45) is 16.7. The highest BCUT2D eigenvalue weighted by Crippen LogP contribution is 2.12. The van der Waals surface area contributed by atoms with Gasteiger partial charge in [-0.3, -0.25) is 4.90 Å². The summed E-state index contributed by atoms with van der Waals surface area (Å²) in [5.74, 6) is 0. The first-order chi connectivity index (χ1) is 13.9. The lowest BCUT2D eigenvalue weighted by Gasteiger charge is -2.22. The molecular formula is C27H39N. The molecule has 0 atom stereocenters. The van der Waals surface area contributed by atoms with Gasteiger partial charge in [-0.2, -0.15) is 0 Å². The van der Waals surface area contributed by atoms with Gasteiger partial charge in [-0.25, -0.2) is 0 Å². The Bertz CT molecular complexity index is 576. The monoisotopic (exact) mass is 377 g/mol. The quantitative estimate of drug-likeness (QED) is 0.226. The molecular weight excluding hydrogens is 338 g/mol. The van der Waals surface area contributed by atoms with Crippen LogP contribution in [0, 0.1) is 0 Å². The number of rotatable bonds is 15. The first-order valence-corrected chi connectivity index (χ1v) is 11.3. The molecule has 0 amide bonds. The van der Waals surface area contributed by atoms with Crippen LogP contribution in [0.25, 0.3) is 0 Å². The van der Waals surface area contributed by atoms with Crippen molar-refractivity contribution in [3.05, 3.63) is 83.9 Å². The molecule has 28 heavy (non-hydrogen) atoms. The van der Waals surface area contributed by atoms with Gasteiger partial charge in [0.25, 0.3) is 0 Å². The Balaban J connectivity index is 1.67. The van der Waals surface area contributed by atoms with Gasteiger partial charge in [0.05, 0.1) is 0 Å². The fourth-order valence-corrected chi connectivity index (χ4v) is 3.60. The molecule has 0 aromatic heterocycles. The summed E-state index contributed by atoms with van der Waals surface area (Å²) in [6.45, 7) is 5.50. The lowest BCUT2D eigenvalue weighted by molar-refractivity contribution is 0.251. The minimum absolute atomic E-state index is 1.03. The molecule has 0 unspecified atom stereocenters. The highest BCUT2D eigenvalue weighted by molar-refractivity contribution is 5.17. The van der Waals surface area contributed by atoms with Gasteiger partial charge >= 0.3 is 0 Å². The Kier molecular flexibility index (Phi) is 12.1. The molecule has 0 fully saturated rings. The molecule has 0 radical (unpaired) electrons. The largest absolute Gasteiger partial charge is 0.295 e. The predicted octanol–water partition coefficient (Wildman–Crippen LogP) is 7.78. The molecule has 0 spiro atoms. The zero-order valence-corrected chi connectivity index (χ0v) is 17.9. The molecule has 152 valence electrons. The van der Waals surface area contributed by atoms with E-state index in [2.05, 4.69) is 84.6 Å². The van der Waals surface area contributed by atoms with E-state index in [1.54, 1.807) is 0 Å². The Morgan fingerprint density at radius 2 is 1.11 bits per heavy atom. The maximum absolute atomic E-state index is 2.59. The molecule has 0 saturated carbocycles. The highest BCUT2D eigenvalue weighted by atomic mass is 15.1. The van der Waals surface area contributed by atoms with Gasteiger partial charge in [-0.15, -0.1) is 0 Å². The van der Waals surface area contributed by atoms with Crippen molar-refractivity contribution in [3.8, 4) is 0 Å². The van der Waals surface area contributed by atoms with Crippen molar-refractivity contribution in [1.29, 1.82) is 0 Å². The molecule has 1 heteroatoms. The average molecular weight is 378 g/mol. The zero-order chi connectivity index (χ0) is 19.7. The number of unbranched alkanes of at least 4 members (excludes halogenated alkanes) is 7. The number of hydrogen-bond acceptors (Lipinski definition) is 1. The van der Waals surface area contributed by atoms with Gasteiger partial charge in [-0.1, -0.05) is 105 Å². The number of benzene rings is 2. The van der Waals surface area contributed by atoms with E-state index in [0.29, 0.717) is 0 Å². The molecule has 0 aliphatic carbocycles. The van der Waals surface area contributed by atoms with Crippen molar-refractivity contribution in [2.45, 2.75) is 77.8 Å². The summed E-state index contributed by atoms with van der Waals surface area (Å²) in [7, 11) is 0. The third-order valence-electron chi connectivity index (χ3n) is 5.23. The van der Waals surface area contributed by atoms with Crippen LogP contribution in [0.2, 0.25) is 0 Å². The maximum Gasteiger partial charge on any atom is 0.0237 e. The van der Waals surface area contributed by atoms with Crippen molar-refractivity contribution in [3.63, 3.8) is 0 Å². The highest BCUT2D eigenvalue weighted by Gasteiger charge is 2.06. The number of nitrogens with zero attached hydrogens (tertiary/aromatic N) is 1. The van der Waals surface area contributed by atoms with Gasteiger partial charge in [0.1, 0.15) is 0 Å². The SMILES string of the molecule is CCCCCCC/C=C/CCCCN(Cc1ccccc1)Cc1ccccc1. The zero-order valence-electron chi connectivity index (χ0n) is 17.9. The third kappa shape index (κ3) is 10.5. The van der Waals surface area contributed by atoms with Crippen molar-refractivity contribution < 1.29 is 0 Å². The van der Waals surface area contributed by atoms with Gasteiger partial charge in [0.15, 0.2) is 0 Å². The summed E-state index contributed by atoms with van der Waals surface area (Å²) in [4.78, 5) is 2.59. The van der Waals surface area contributed by atoms with Crippen LogP contribution in [0.4, 0.5) is 0 Å². The summed E-state index contributed by atoms with van der Waals surface area (Å²) in [5.41, 5.74) is 2.81. The predicted molar refractivity (Wildman–Crippen MR) is 123 cm³/mol. The van der Waals surface area contributed by atoms with Gasteiger partial charge < -0.3 is 0 Å². The van der Waals surface area contributed by atoms with Crippen molar-refractivity contribution in [2.24, 2.45) is 0 Å². The van der Waals surface area contributed by atoms with Crippen LogP contribution in [0.3, 0.4) is 0 Å². The summed E-state index contributed by atoms with van der Waals surface area (Å²) < 4.78 is 0. The smallest absolute Gasteiger partial charge is 0.0237 e. The molecule has 0 N–H and O–H groups in total. The lowest BCUT2D eigenvalue weighted by Crippen LogP contribution is -2.24. The second-order valence-corrected chi connectivity index (χ2v) is 7.85. The van der Waals surface area contributed by atoms with Crippen LogP contribution in [-0.4, -0.2) is 11.4 Å². The Labute approximate surface area is 173 Å². The van der Waals surface area contributed by atoms with Gasteiger partial charge in [-0.05, 0) is 49.8 Å². The fourth-order valence-electron chi connectivity index (χ4n) is 3.60. The van der Waals surface area contributed by atoms with Crippen LogP contribution < -0.4 is 0 Å². The lowest BCUT2D eigenvalue weighted by atomic mass is 10.1. The first kappa shape index (κ1) is 22.4. The molecule has 2 aromatic carbocycles. The second-order valence-electron chi connectivity index (χ2n) is 7.85. The van der Waals surface area contributed by atoms with Crippen LogP contribution in [-0.2, 0) is 13.1 Å². The van der Waals surface area contributed by atoms with E-state index < -0.39 is 0 Å². The van der Waals surface area contributed by atoms with Crippen molar-refractivity contribution >= 4 is 0 Å². The topological polar surface area (TPSA) is 3.24 Å². The van der Waals surface area contributed by atoms with Gasteiger partial charge in [0, 0.05) is 13.1 Å². The second kappa shape index (κ2) is 15.1. The molecule has 0 aliphatic heterocycles. The summed E-state index contributed by atoms with van der Waals surface area (Å²) >= 11 is 0. The van der Waals surface area contributed by atoms with E-state index >= 15 is 0 Å². The van der Waals surface area contributed by atoms with Crippen LogP contribution >= 0.6 is 0 Å². The van der Waals surface area contributed by atoms with E-state index in [1.807, 2.05) is 0 Å². The normalized spacial score (nSPS) is 11.5. The maximum atomic E-state index is 2.59. The molecule has 0 aliphatic rings. The summed E-state index contributed by atoms with van der Waals surface area (Å²) in [6, 6.07) is 21.7. The average Bonchev–Trinajstić information content (AvgIpc) is 2.73. The number of allylic oxidation sites excluding steroid dienone is 2. The van der Waals surface area contributed by atoms with E-state index in [-0.39, 0.29) is 0 Å². The van der Waals surface area contributed by atoms with Crippen LogP contribution in [0.15, 0.2) is 72.8 Å². The minimum atomic E-state index is 1.03. The Morgan fingerprint density at radius 1 is 0.607 bits per heavy atom. The van der Waals surface area contributed by atoms with E-state index in [0.717, 1.165) is 19.6 Å². The molecule has 2 aromatic rings. The first-order valence-electron chi connectivity index (χ1n) is 11.3. The van der Waals surface area contributed by atoms with E-state index in [1.165, 1.54) is 68.9 Å². The fraction of sp³-hybridized carbons (Fsp3) is 0.481. The van der Waals surface area contributed by atoms with Gasteiger partial charge in [0.2, 0.25) is 0 Å². The van der Waals surface area contributed by atoms with Crippen molar-refractivity contribution in [1.82, 2.24) is 4.90 Å². The Morgan fingerprint density at radius 3 is 1.64 bits per heavy atom. The molecule has 1 nitrogen and oxygen atoms in total. The minimum Gasteiger partial charge on any atom is -0.295 e. The molecule has 0 bridgehead atoms. The van der Waals surface area contributed by atoms with Crippen molar-refractivity contribution in [2.75, 3.05) is 6.54 Å². The Hall–Kier alpha value is -1.86. The number of hydrogen-bond donors (Lipinski definition) is 0. The van der Waals surface area contributed by atoms with E-state index in [9.17, 15) is 0 Å². The standard InChI is InChI=1S/C27H39N/c1-2-3-4-5-6-7-8-9-10-11-18-23-28(24-26-19-14-12-15-20-26)25-27-21-16-13-17-22-27/h8-9,12-17,19-22H,2-7,10-11,18,23-25H2,1H3/b9-8+. The summed E-state index contributed by atoms with van der Waals surface area (Å²) in [5, 5.41) is 0. The molecule has 0 saturated heterocycles. The van der Waals surface area contributed by atoms with E-state index in [4.69, 9.17) is 0 Å². The molecule has 0 heterocycles. The molecule has 2 rings (SSSR count). The van der Waals surface area contributed by atoms with Crippen LogP contribution in [0.5, 0.6) is 0 Å². The van der Waals surface area contributed by atoms with Crippen LogP contribution in [0.1, 0.15) is 75.8 Å². The third-order valence-corrected chi connectivity index (χ3v) is 5.23.